The van der Waals surface area contributed by atoms with Gasteiger partial charge in [0.05, 0.1) is 10.2 Å². The second-order valence-corrected chi connectivity index (χ2v) is 9.91. The van der Waals surface area contributed by atoms with E-state index in [1.165, 1.54) is 10.3 Å². The number of carbonyl (C=O) groups is 2. The summed E-state index contributed by atoms with van der Waals surface area (Å²) < 4.78 is 1.21. The summed E-state index contributed by atoms with van der Waals surface area (Å²) in [6.45, 7) is 7.21. The molecule has 0 radical (unpaired) electrons. The number of amides is 1. The maximum atomic E-state index is 13.1. The number of benzene rings is 3. The highest BCUT2D eigenvalue weighted by Crippen LogP contribution is 2.33. The maximum Gasteiger partial charge on any atom is 0.253 e. The highest BCUT2D eigenvalue weighted by Gasteiger charge is 2.24. The lowest BCUT2D eigenvalue weighted by Crippen LogP contribution is -2.48. The summed E-state index contributed by atoms with van der Waals surface area (Å²) in [6, 6.07) is 22.6. The lowest BCUT2D eigenvalue weighted by Gasteiger charge is -2.34. The molecule has 1 aliphatic heterocycles. The first-order valence-corrected chi connectivity index (χ1v) is 12.5. The van der Waals surface area contributed by atoms with Crippen molar-refractivity contribution in [2.24, 2.45) is 0 Å². The predicted molar refractivity (Wildman–Crippen MR) is 138 cm³/mol. The molecular formula is C28H27N3O2S. The van der Waals surface area contributed by atoms with Gasteiger partial charge in [-0.3, -0.25) is 9.59 Å². The Morgan fingerprint density at radius 3 is 2.12 bits per heavy atom. The fraction of sp³-hybridized carbons (Fsp3) is 0.250. The van der Waals surface area contributed by atoms with Crippen LogP contribution in [0.25, 0.3) is 10.2 Å². The molecule has 1 amide bonds. The van der Waals surface area contributed by atoms with Gasteiger partial charge in [0.2, 0.25) is 0 Å². The highest BCUT2D eigenvalue weighted by molar-refractivity contribution is 7.22. The molecule has 34 heavy (non-hydrogen) atoms. The highest BCUT2D eigenvalue weighted by atomic mass is 32.1. The molecule has 6 heteroatoms. The molecule has 5 nitrogen and oxygen atoms in total. The zero-order chi connectivity index (χ0) is 23.7. The van der Waals surface area contributed by atoms with Crippen molar-refractivity contribution in [1.29, 1.82) is 0 Å². The first-order valence-electron chi connectivity index (χ1n) is 11.6. The molecular weight excluding hydrogens is 442 g/mol. The van der Waals surface area contributed by atoms with E-state index in [0.717, 1.165) is 23.7 Å². The number of aromatic nitrogens is 1. The molecule has 1 fully saturated rings. The van der Waals surface area contributed by atoms with Crippen molar-refractivity contribution >= 4 is 38.4 Å². The van der Waals surface area contributed by atoms with Crippen LogP contribution in [-0.2, 0) is 0 Å². The third-order valence-corrected chi connectivity index (χ3v) is 7.41. The third kappa shape index (κ3) is 4.33. The first kappa shape index (κ1) is 22.3. The molecule has 172 valence electrons. The van der Waals surface area contributed by atoms with E-state index >= 15 is 0 Å². The fourth-order valence-electron chi connectivity index (χ4n) is 4.36. The van der Waals surface area contributed by atoms with Crippen molar-refractivity contribution in [3.63, 3.8) is 0 Å². The molecule has 4 aromatic rings. The number of carbonyl (C=O) groups excluding carboxylic acids is 2. The summed E-state index contributed by atoms with van der Waals surface area (Å²) in [5.41, 5.74) is 4.22. The molecule has 1 aromatic heterocycles. The van der Waals surface area contributed by atoms with Gasteiger partial charge >= 0.3 is 0 Å². The molecule has 3 aromatic carbocycles. The minimum Gasteiger partial charge on any atom is -0.345 e. The summed E-state index contributed by atoms with van der Waals surface area (Å²) in [4.78, 5) is 34.8. The van der Waals surface area contributed by atoms with E-state index in [4.69, 9.17) is 4.98 Å². The number of thiazole rings is 1. The fourth-order valence-corrected chi connectivity index (χ4v) is 5.42. The number of hydrogen-bond acceptors (Lipinski definition) is 5. The van der Waals surface area contributed by atoms with Crippen LogP contribution < -0.4 is 4.90 Å². The van der Waals surface area contributed by atoms with Crippen molar-refractivity contribution in [2.45, 2.75) is 19.8 Å². The van der Waals surface area contributed by atoms with Crippen molar-refractivity contribution in [1.82, 2.24) is 9.88 Å². The number of fused-ring (bicyclic) bond motifs is 1. The Morgan fingerprint density at radius 2 is 1.44 bits per heavy atom. The van der Waals surface area contributed by atoms with Crippen LogP contribution in [0, 0.1) is 0 Å². The van der Waals surface area contributed by atoms with E-state index in [1.54, 1.807) is 47.7 Å². The lowest BCUT2D eigenvalue weighted by atomic mass is 10.0. The Bertz CT molecular complexity index is 1320. The van der Waals surface area contributed by atoms with E-state index < -0.39 is 0 Å². The van der Waals surface area contributed by atoms with Crippen LogP contribution in [0.3, 0.4) is 0 Å². The largest absolute Gasteiger partial charge is 0.345 e. The average Bonchev–Trinajstić information content (AvgIpc) is 3.33. The minimum absolute atomic E-state index is 0.00440. The summed E-state index contributed by atoms with van der Waals surface area (Å²) in [5, 5.41) is 1.03. The second-order valence-electron chi connectivity index (χ2n) is 8.90. The number of ketones is 1. The Morgan fingerprint density at radius 1 is 0.794 bits per heavy atom. The molecule has 0 atom stereocenters. The number of hydrogen-bond donors (Lipinski definition) is 0. The van der Waals surface area contributed by atoms with Crippen LogP contribution in [0.2, 0.25) is 0 Å². The van der Waals surface area contributed by atoms with Gasteiger partial charge in [0.1, 0.15) is 0 Å². The van der Waals surface area contributed by atoms with Crippen LogP contribution in [0.4, 0.5) is 5.13 Å². The van der Waals surface area contributed by atoms with Gasteiger partial charge in [0.15, 0.2) is 10.9 Å². The third-order valence-electron chi connectivity index (χ3n) is 6.33. The van der Waals surface area contributed by atoms with Crippen LogP contribution in [0.5, 0.6) is 0 Å². The Balaban J connectivity index is 1.24. The van der Waals surface area contributed by atoms with E-state index in [9.17, 15) is 9.59 Å². The van der Waals surface area contributed by atoms with Gasteiger partial charge in [-0.05, 0) is 29.7 Å². The van der Waals surface area contributed by atoms with Crippen LogP contribution in [0.1, 0.15) is 51.6 Å². The van der Waals surface area contributed by atoms with Gasteiger partial charge < -0.3 is 9.80 Å². The van der Waals surface area contributed by atoms with Gasteiger partial charge in [0.25, 0.3) is 5.91 Å². The van der Waals surface area contributed by atoms with Gasteiger partial charge in [-0.1, -0.05) is 79.8 Å². The van der Waals surface area contributed by atoms with Crippen LogP contribution in [0.15, 0.2) is 72.8 Å². The number of anilines is 1. The number of rotatable bonds is 5. The van der Waals surface area contributed by atoms with Gasteiger partial charge in [-0.25, -0.2) is 4.98 Å². The van der Waals surface area contributed by atoms with Gasteiger partial charge in [-0.2, -0.15) is 0 Å². The lowest BCUT2D eigenvalue weighted by molar-refractivity contribution is 0.0746. The molecule has 0 aliphatic carbocycles. The van der Waals surface area contributed by atoms with Gasteiger partial charge in [0, 0.05) is 42.9 Å². The summed E-state index contributed by atoms with van der Waals surface area (Å²) in [7, 11) is 0. The summed E-state index contributed by atoms with van der Waals surface area (Å²) >= 11 is 1.72. The standard InChI is InChI=1S/C28H27N3O2S/c1-19(2)23-9-6-10-24-25(23)29-28(34-24)31-17-15-30(16-18-31)27(33)22-13-11-21(12-14-22)26(32)20-7-4-3-5-8-20/h3-14,19H,15-18H2,1-2H3. The minimum atomic E-state index is -0.0373. The molecule has 0 N–H and O–H groups in total. The number of para-hydroxylation sites is 1. The molecule has 1 saturated heterocycles. The SMILES string of the molecule is CC(C)c1cccc2sc(N3CCN(C(=O)c4ccc(C(=O)c5ccccc5)cc4)CC3)nc12. The zero-order valence-electron chi connectivity index (χ0n) is 19.4. The first-order chi connectivity index (χ1) is 16.5. The van der Waals surface area contributed by atoms with Crippen molar-refractivity contribution in [3.8, 4) is 0 Å². The van der Waals surface area contributed by atoms with E-state index in [-0.39, 0.29) is 11.7 Å². The Hall–Kier alpha value is -3.51. The van der Waals surface area contributed by atoms with Crippen molar-refractivity contribution in [3.05, 3.63) is 95.1 Å². The maximum absolute atomic E-state index is 13.1. The number of nitrogens with zero attached hydrogens (tertiary/aromatic N) is 3. The van der Waals surface area contributed by atoms with Gasteiger partial charge in [-0.15, -0.1) is 0 Å². The Kier molecular flexibility index (Phi) is 6.16. The van der Waals surface area contributed by atoms with E-state index in [2.05, 4.69) is 36.9 Å². The van der Waals surface area contributed by atoms with E-state index in [1.807, 2.05) is 23.1 Å². The molecule has 0 saturated carbocycles. The normalized spacial score (nSPS) is 14.1. The summed E-state index contributed by atoms with van der Waals surface area (Å²) in [6.07, 6.45) is 0. The van der Waals surface area contributed by atoms with E-state index in [0.29, 0.717) is 35.7 Å². The zero-order valence-corrected chi connectivity index (χ0v) is 20.2. The van der Waals surface area contributed by atoms with Crippen molar-refractivity contribution in [2.75, 3.05) is 31.1 Å². The van der Waals surface area contributed by atoms with Crippen LogP contribution >= 0.6 is 11.3 Å². The number of piperazine rings is 1. The average molecular weight is 470 g/mol. The van der Waals surface area contributed by atoms with Crippen molar-refractivity contribution < 1.29 is 9.59 Å². The molecule has 1 aliphatic rings. The van der Waals surface area contributed by atoms with Crippen LogP contribution in [-0.4, -0.2) is 47.8 Å². The molecule has 0 unspecified atom stereocenters. The molecule has 5 rings (SSSR count). The molecule has 2 heterocycles. The predicted octanol–water partition coefficient (Wildman–Crippen LogP) is 5.61. The summed E-state index contributed by atoms with van der Waals surface area (Å²) in [5.74, 6) is 0.400. The Labute approximate surface area is 203 Å². The molecule has 0 spiro atoms. The topological polar surface area (TPSA) is 53.5 Å². The smallest absolute Gasteiger partial charge is 0.253 e. The monoisotopic (exact) mass is 469 g/mol. The quantitative estimate of drug-likeness (QED) is 0.356. The molecule has 0 bridgehead atoms. The second kappa shape index (κ2) is 9.39.